The lowest BCUT2D eigenvalue weighted by Gasteiger charge is -2.29. The number of fused-ring (bicyclic) bond motifs is 1. The molecule has 0 radical (unpaired) electrons. The zero-order chi connectivity index (χ0) is 19.1. The molecule has 2 N–H and O–H groups in total. The van der Waals surface area contributed by atoms with Gasteiger partial charge in [0.15, 0.2) is 5.96 Å². The first-order chi connectivity index (χ1) is 13.1. The molecular formula is C20H30BrN5O. The molecular weight excluding hydrogens is 406 g/mol. The summed E-state index contributed by atoms with van der Waals surface area (Å²) in [7, 11) is 1.79. The Bertz CT molecular complexity index is 767. The van der Waals surface area contributed by atoms with Crippen LogP contribution in [0.25, 0.3) is 5.65 Å². The van der Waals surface area contributed by atoms with Gasteiger partial charge >= 0.3 is 0 Å². The number of guanidine groups is 1. The van der Waals surface area contributed by atoms with Crippen LogP contribution in [0.15, 0.2) is 34.0 Å². The summed E-state index contributed by atoms with van der Waals surface area (Å²) in [6, 6.07) is 4.00. The van der Waals surface area contributed by atoms with E-state index >= 15 is 0 Å². The third-order valence-corrected chi connectivity index (χ3v) is 5.81. The van der Waals surface area contributed by atoms with Crippen molar-refractivity contribution in [2.75, 3.05) is 26.8 Å². The van der Waals surface area contributed by atoms with E-state index < -0.39 is 0 Å². The molecule has 0 amide bonds. The molecule has 0 saturated heterocycles. The summed E-state index contributed by atoms with van der Waals surface area (Å²) in [5, 5.41) is 6.93. The minimum absolute atomic E-state index is 0.335. The van der Waals surface area contributed by atoms with Gasteiger partial charge in [-0.2, -0.15) is 0 Å². The summed E-state index contributed by atoms with van der Waals surface area (Å²) < 4.78 is 8.40. The third-order valence-electron chi connectivity index (χ3n) is 5.34. The average Bonchev–Trinajstić information content (AvgIpc) is 3.29. The van der Waals surface area contributed by atoms with Crippen molar-refractivity contribution < 1.29 is 4.74 Å². The fourth-order valence-electron chi connectivity index (χ4n) is 3.83. The quantitative estimate of drug-likeness (QED) is 0.489. The van der Waals surface area contributed by atoms with Gasteiger partial charge in [-0.25, -0.2) is 9.98 Å². The molecule has 0 aliphatic heterocycles. The molecule has 1 aliphatic carbocycles. The first-order valence-electron chi connectivity index (χ1n) is 9.78. The summed E-state index contributed by atoms with van der Waals surface area (Å²) in [6.07, 6.45) is 10.3. The number of aromatic nitrogens is 2. The summed E-state index contributed by atoms with van der Waals surface area (Å²) in [6.45, 7) is 5.26. The predicted molar refractivity (Wildman–Crippen MR) is 113 cm³/mol. The molecule has 1 fully saturated rings. The largest absolute Gasteiger partial charge is 0.385 e. The van der Waals surface area contributed by atoms with Gasteiger partial charge in [0, 0.05) is 43.7 Å². The van der Waals surface area contributed by atoms with E-state index in [2.05, 4.69) is 38.5 Å². The molecule has 0 spiro atoms. The summed E-state index contributed by atoms with van der Waals surface area (Å²) in [5.74, 6) is 0.861. The number of hydrogen-bond donors (Lipinski definition) is 2. The Morgan fingerprint density at radius 3 is 2.85 bits per heavy atom. The molecule has 2 aromatic rings. The van der Waals surface area contributed by atoms with E-state index in [4.69, 9.17) is 9.73 Å². The normalized spacial score (nSPS) is 16.8. The van der Waals surface area contributed by atoms with Crippen molar-refractivity contribution >= 4 is 27.5 Å². The lowest BCUT2D eigenvalue weighted by molar-refractivity contribution is 0.138. The fourth-order valence-corrected chi connectivity index (χ4v) is 4.18. The van der Waals surface area contributed by atoms with Crippen molar-refractivity contribution in [2.45, 2.75) is 45.6 Å². The SMILES string of the molecule is CCNC(=NCc1cn2cc(Br)ccc2n1)NCC1(CCOC)CCCC1. The number of rotatable bonds is 8. The molecule has 0 atom stereocenters. The number of aliphatic imine (C=N–C) groups is 1. The topological polar surface area (TPSA) is 63.0 Å². The maximum absolute atomic E-state index is 5.34. The second-order valence-electron chi connectivity index (χ2n) is 7.34. The molecule has 0 aromatic carbocycles. The van der Waals surface area contributed by atoms with E-state index in [1.807, 2.05) is 28.9 Å². The highest BCUT2D eigenvalue weighted by molar-refractivity contribution is 9.10. The summed E-state index contributed by atoms with van der Waals surface area (Å²) in [5.41, 5.74) is 2.23. The van der Waals surface area contributed by atoms with Crippen molar-refractivity contribution in [3.63, 3.8) is 0 Å². The lowest BCUT2D eigenvalue weighted by atomic mass is 9.83. The van der Waals surface area contributed by atoms with Gasteiger partial charge in [0.2, 0.25) is 0 Å². The number of ether oxygens (including phenoxy) is 1. The molecule has 1 aliphatic rings. The second kappa shape index (κ2) is 9.55. The van der Waals surface area contributed by atoms with Crippen LogP contribution in [-0.4, -0.2) is 42.2 Å². The highest BCUT2D eigenvalue weighted by Crippen LogP contribution is 2.40. The van der Waals surface area contributed by atoms with Gasteiger partial charge in [-0.3, -0.25) is 0 Å². The summed E-state index contributed by atoms with van der Waals surface area (Å²) in [4.78, 5) is 9.39. The van der Waals surface area contributed by atoms with Crippen LogP contribution in [0.2, 0.25) is 0 Å². The highest BCUT2D eigenvalue weighted by atomic mass is 79.9. The van der Waals surface area contributed by atoms with Crippen molar-refractivity contribution in [1.82, 2.24) is 20.0 Å². The van der Waals surface area contributed by atoms with Gasteiger partial charge in [0.25, 0.3) is 0 Å². The predicted octanol–water partition coefficient (Wildman–Crippen LogP) is 3.75. The van der Waals surface area contributed by atoms with Crippen LogP contribution < -0.4 is 10.6 Å². The number of pyridine rings is 1. The first kappa shape index (κ1) is 20.1. The van der Waals surface area contributed by atoms with E-state index in [-0.39, 0.29) is 0 Å². The Kier molecular flexibility index (Phi) is 7.13. The van der Waals surface area contributed by atoms with Crippen molar-refractivity contribution in [3.05, 3.63) is 34.7 Å². The molecule has 0 unspecified atom stereocenters. The Balaban J connectivity index is 1.64. The Morgan fingerprint density at radius 1 is 1.30 bits per heavy atom. The van der Waals surface area contributed by atoms with Gasteiger partial charge in [-0.05, 0) is 59.7 Å². The van der Waals surface area contributed by atoms with Crippen LogP contribution in [0, 0.1) is 5.41 Å². The first-order valence-corrected chi connectivity index (χ1v) is 10.6. The Hall–Kier alpha value is -1.60. The minimum Gasteiger partial charge on any atom is -0.385 e. The average molecular weight is 436 g/mol. The van der Waals surface area contributed by atoms with E-state index in [0.717, 1.165) is 47.9 Å². The zero-order valence-electron chi connectivity index (χ0n) is 16.3. The lowest BCUT2D eigenvalue weighted by Crippen LogP contribution is -2.43. The van der Waals surface area contributed by atoms with E-state index in [9.17, 15) is 0 Å². The second-order valence-corrected chi connectivity index (χ2v) is 8.26. The number of nitrogens with zero attached hydrogens (tertiary/aromatic N) is 3. The molecule has 7 heteroatoms. The maximum Gasteiger partial charge on any atom is 0.191 e. The van der Waals surface area contributed by atoms with Crippen LogP contribution in [0.4, 0.5) is 0 Å². The van der Waals surface area contributed by atoms with Crippen molar-refractivity contribution in [3.8, 4) is 0 Å². The number of imidazole rings is 1. The Morgan fingerprint density at radius 2 is 2.11 bits per heavy atom. The molecule has 27 heavy (non-hydrogen) atoms. The van der Waals surface area contributed by atoms with Crippen LogP contribution in [-0.2, 0) is 11.3 Å². The van der Waals surface area contributed by atoms with Crippen molar-refractivity contribution in [1.29, 1.82) is 0 Å². The molecule has 2 aromatic heterocycles. The van der Waals surface area contributed by atoms with Crippen LogP contribution in [0.3, 0.4) is 0 Å². The monoisotopic (exact) mass is 435 g/mol. The fraction of sp³-hybridized carbons (Fsp3) is 0.600. The molecule has 0 bridgehead atoms. The Labute approximate surface area is 169 Å². The van der Waals surface area contributed by atoms with Crippen LogP contribution >= 0.6 is 15.9 Å². The number of hydrogen-bond acceptors (Lipinski definition) is 3. The maximum atomic E-state index is 5.34. The summed E-state index contributed by atoms with van der Waals surface area (Å²) >= 11 is 3.49. The van der Waals surface area contributed by atoms with E-state index in [0.29, 0.717) is 12.0 Å². The van der Waals surface area contributed by atoms with Gasteiger partial charge in [-0.1, -0.05) is 12.8 Å². The van der Waals surface area contributed by atoms with Crippen LogP contribution in [0.1, 0.15) is 44.7 Å². The minimum atomic E-state index is 0.335. The molecule has 148 valence electrons. The standard InChI is InChI=1S/C20H30BrN5O/c1-3-22-19(24-15-20(10-11-27-2)8-4-5-9-20)23-12-17-14-26-13-16(21)6-7-18(26)25-17/h6-7,13-14H,3-5,8-12,15H2,1-2H3,(H2,22,23,24). The highest BCUT2D eigenvalue weighted by Gasteiger charge is 2.33. The molecule has 3 rings (SSSR count). The third kappa shape index (κ3) is 5.45. The number of nitrogens with one attached hydrogen (secondary N) is 2. The van der Waals surface area contributed by atoms with Gasteiger partial charge in [0.1, 0.15) is 5.65 Å². The zero-order valence-corrected chi connectivity index (χ0v) is 17.9. The molecule has 1 saturated carbocycles. The number of methoxy groups -OCH3 is 1. The molecule has 6 nitrogen and oxygen atoms in total. The van der Waals surface area contributed by atoms with E-state index in [1.165, 1.54) is 25.7 Å². The van der Waals surface area contributed by atoms with Gasteiger partial charge < -0.3 is 19.8 Å². The van der Waals surface area contributed by atoms with Crippen molar-refractivity contribution in [2.24, 2.45) is 10.4 Å². The van der Waals surface area contributed by atoms with Crippen LogP contribution in [0.5, 0.6) is 0 Å². The smallest absolute Gasteiger partial charge is 0.191 e. The van der Waals surface area contributed by atoms with Gasteiger partial charge in [0.05, 0.1) is 12.2 Å². The number of halogens is 1. The van der Waals surface area contributed by atoms with E-state index in [1.54, 1.807) is 7.11 Å². The van der Waals surface area contributed by atoms with Gasteiger partial charge in [-0.15, -0.1) is 0 Å². The molecule has 2 heterocycles.